The fraction of sp³-hybridized carbons (Fsp3) is 1.00. The highest BCUT2D eigenvalue weighted by molar-refractivity contribution is 4.98. The topological polar surface area (TPSA) is 47.3 Å². The average Bonchev–Trinajstić information content (AvgIpc) is 2.93. The van der Waals surface area contributed by atoms with Crippen LogP contribution in [0.1, 0.15) is 38.5 Å². The maximum atomic E-state index is 6.17. The van der Waals surface area contributed by atoms with Gasteiger partial charge in [-0.1, -0.05) is 0 Å². The molecule has 2 fully saturated rings. The van der Waals surface area contributed by atoms with E-state index in [2.05, 4.69) is 5.32 Å². The summed E-state index contributed by atoms with van der Waals surface area (Å²) in [6.07, 6.45) is 7.64. The molecular weight excluding hydrogens is 188 g/mol. The summed E-state index contributed by atoms with van der Waals surface area (Å²) < 4.78 is 5.14. The maximum Gasteiger partial charge on any atom is 0.0468 e. The van der Waals surface area contributed by atoms with Crippen molar-refractivity contribution in [2.75, 3.05) is 26.8 Å². The van der Waals surface area contributed by atoms with E-state index in [0.717, 1.165) is 19.7 Å². The lowest BCUT2D eigenvalue weighted by Crippen LogP contribution is -2.54. The molecule has 0 spiro atoms. The van der Waals surface area contributed by atoms with E-state index < -0.39 is 0 Å². The van der Waals surface area contributed by atoms with Gasteiger partial charge in [0.1, 0.15) is 0 Å². The van der Waals surface area contributed by atoms with Gasteiger partial charge in [-0.2, -0.15) is 0 Å². The highest BCUT2D eigenvalue weighted by Gasteiger charge is 2.42. The van der Waals surface area contributed by atoms with Crippen molar-refractivity contribution in [1.29, 1.82) is 0 Å². The smallest absolute Gasteiger partial charge is 0.0468 e. The van der Waals surface area contributed by atoms with E-state index in [-0.39, 0.29) is 5.54 Å². The molecule has 0 atom stereocenters. The van der Waals surface area contributed by atoms with Crippen LogP contribution >= 0.6 is 0 Å². The first-order chi connectivity index (χ1) is 7.18. The molecule has 0 aliphatic heterocycles. The molecule has 2 saturated carbocycles. The third-order valence-corrected chi connectivity index (χ3v) is 4.12. The van der Waals surface area contributed by atoms with Crippen molar-refractivity contribution in [3.63, 3.8) is 0 Å². The number of hydrogen-bond acceptors (Lipinski definition) is 3. The SMILES string of the molecule is COCCC1(CNCC2(N)CCC2)CC1. The van der Waals surface area contributed by atoms with Crippen LogP contribution < -0.4 is 11.1 Å². The zero-order valence-corrected chi connectivity index (χ0v) is 9.85. The molecule has 3 heteroatoms. The predicted molar refractivity (Wildman–Crippen MR) is 61.8 cm³/mol. The highest BCUT2D eigenvalue weighted by Crippen LogP contribution is 2.48. The third kappa shape index (κ3) is 2.92. The van der Waals surface area contributed by atoms with Crippen molar-refractivity contribution in [3.8, 4) is 0 Å². The van der Waals surface area contributed by atoms with Crippen LogP contribution in [0, 0.1) is 5.41 Å². The fourth-order valence-corrected chi connectivity index (χ4v) is 2.39. The first kappa shape index (κ1) is 11.4. The Morgan fingerprint density at radius 3 is 2.40 bits per heavy atom. The van der Waals surface area contributed by atoms with Crippen molar-refractivity contribution in [2.24, 2.45) is 11.1 Å². The van der Waals surface area contributed by atoms with E-state index >= 15 is 0 Å². The molecule has 3 nitrogen and oxygen atoms in total. The van der Waals surface area contributed by atoms with E-state index in [4.69, 9.17) is 10.5 Å². The van der Waals surface area contributed by atoms with Gasteiger partial charge in [-0.05, 0) is 43.9 Å². The van der Waals surface area contributed by atoms with Crippen LogP contribution in [-0.4, -0.2) is 32.3 Å². The fourth-order valence-electron chi connectivity index (χ4n) is 2.39. The molecule has 15 heavy (non-hydrogen) atoms. The Labute approximate surface area is 92.7 Å². The highest BCUT2D eigenvalue weighted by atomic mass is 16.5. The van der Waals surface area contributed by atoms with E-state index in [1.807, 2.05) is 0 Å². The maximum absolute atomic E-state index is 6.17. The Kier molecular flexibility index (Phi) is 3.33. The first-order valence-electron chi connectivity index (χ1n) is 6.17. The van der Waals surface area contributed by atoms with Gasteiger partial charge in [-0.15, -0.1) is 0 Å². The van der Waals surface area contributed by atoms with Crippen molar-refractivity contribution >= 4 is 0 Å². The number of methoxy groups -OCH3 is 1. The van der Waals surface area contributed by atoms with Crippen molar-refractivity contribution in [2.45, 2.75) is 44.1 Å². The Bertz CT molecular complexity index is 210. The van der Waals surface area contributed by atoms with Gasteiger partial charge in [0, 0.05) is 32.3 Å². The van der Waals surface area contributed by atoms with Crippen LogP contribution in [-0.2, 0) is 4.74 Å². The summed E-state index contributed by atoms with van der Waals surface area (Å²) >= 11 is 0. The molecule has 0 aromatic rings. The normalized spacial score (nSPS) is 26.0. The van der Waals surface area contributed by atoms with Gasteiger partial charge in [0.25, 0.3) is 0 Å². The monoisotopic (exact) mass is 212 g/mol. The number of ether oxygens (including phenoxy) is 1. The quantitative estimate of drug-likeness (QED) is 0.668. The molecule has 0 heterocycles. The van der Waals surface area contributed by atoms with Gasteiger partial charge in [0.15, 0.2) is 0 Å². The molecule has 0 bridgehead atoms. The Balaban J connectivity index is 1.61. The molecule has 2 aliphatic rings. The minimum absolute atomic E-state index is 0.122. The molecule has 0 aromatic heterocycles. The number of nitrogens with one attached hydrogen (secondary N) is 1. The molecule has 3 N–H and O–H groups in total. The largest absolute Gasteiger partial charge is 0.385 e. The van der Waals surface area contributed by atoms with Crippen LogP contribution in [0.4, 0.5) is 0 Å². The molecule has 88 valence electrons. The number of nitrogens with two attached hydrogens (primary N) is 1. The van der Waals surface area contributed by atoms with E-state index in [0.29, 0.717) is 5.41 Å². The third-order valence-electron chi connectivity index (χ3n) is 4.12. The van der Waals surface area contributed by atoms with Crippen molar-refractivity contribution < 1.29 is 4.74 Å². The molecular formula is C12H24N2O. The van der Waals surface area contributed by atoms with E-state index in [1.54, 1.807) is 7.11 Å². The van der Waals surface area contributed by atoms with Gasteiger partial charge in [-0.25, -0.2) is 0 Å². The summed E-state index contributed by atoms with van der Waals surface area (Å²) in [7, 11) is 1.78. The predicted octanol–water partition coefficient (Wildman–Crippen LogP) is 1.27. The Hall–Kier alpha value is -0.120. The molecule has 0 unspecified atom stereocenters. The summed E-state index contributed by atoms with van der Waals surface area (Å²) in [4.78, 5) is 0. The van der Waals surface area contributed by atoms with Crippen LogP contribution in [0.2, 0.25) is 0 Å². The Morgan fingerprint density at radius 2 is 1.93 bits per heavy atom. The molecule has 0 saturated heterocycles. The van der Waals surface area contributed by atoms with Gasteiger partial charge in [-0.3, -0.25) is 0 Å². The number of rotatable bonds is 7. The molecule has 0 amide bonds. The van der Waals surface area contributed by atoms with E-state index in [9.17, 15) is 0 Å². The van der Waals surface area contributed by atoms with E-state index in [1.165, 1.54) is 38.5 Å². The zero-order valence-electron chi connectivity index (χ0n) is 9.85. The van der Waals surface area contributed by atoms with Gasteiger partial charge < -0.3 is 15.8 Å². The lowest BCUT2D eigenvalue weighted by molar-refractivity contribution is 0.168. The van der Waals surface area contributed by atoms with Crippen LogP contribution in [0.25, 0.3) is 0 Å². The Morgan fingerprint density at radius 1 is 1.20 bits per heavy atom. The summed E-state index contributed by atoms with van der Waals surface area (Å²) in [5.74, 6) is 0. The molecule has 2 rings (SSSR count). The molecule has 0 aromatic carbocycles. The lowest BCUT2D eigenvalue weighted by Gasteiger charge is -2.38. The second-order valence-electron chi connectivity index (χ2n) is 5.56. The van der Waals surface area contributed by atoms with Crippen LogP contribution in [0.15, 0.2) is 0 Å². The minimum atomic E-state index is 0.122. The summed E-state index contributed by atoms with van der Waals surface area (Å²) in [5, 5.41) is 3.56. The molecule has 0 radical (unpaired) electrons. The van der Waals surface area contributed by atoms with Gasteiger partial charge >= 0.3 is 0 Å². The van der Waals surface area contributed by atoms with Crippen molar-refractivity contribution in [1.82, 2.24) is 5.32 Å². The lowest BCUT2D eigenvalue weighted by atomic mass is 9.77. The minimum Gasteiger partial charge on any atom is -0.385 e. The summed E-state index contributed by atoms with van der Waals surface area (Å²) in [5.41, 5.74) is 6.84. The second-order valence-corrected chi connectivity index (χ2v) is 5.56. The standard InChI is InChI=1S/C12H24N2O/c1-15-8-7-11(5-6-11)9-14-10-12(13)3-2-4-12/h14H,2-10,13H2,1H3. The average molecular weight is 212 g/mol. The number of hydrogen-bond donors (Lipinski definition) is 2. The van der Waals surface area contributed by atoms with Crippen LogP contribution in [0.3, 0.4) is 0 Å². The second kappa shape index (κ2) is 4.40. The van der Waals surface area contributed by atoms with Crippen molar-refractivity contribution in [3.05, 3.63) is 0 Å². The van der Waals surface area contributed by atoms with Crippen LogP contribution in [0.5, 0.6) is 0 Å². The van der Waals surface area contributed by atoms with Gasteiger partial charge in [0.05, 0.1) is 0 Å². The zero-order chi connectivity index (χ0) is 10.8. The first-order valence-corrected chi connectivity index (χ1v) is 6.17. The summed E-state index contributed by atoms with van der Waals surface area (Å²) in [6, 6.07) is 0. The molecule has 2 aliphatic carbocycles. The van der Waals surface area contributed by atoms with Gasteiger partial charge in [0.2, 0.25) is 0 Å². The summed E-state index contributed by atoms with van der Waals surface area (Å²) in [6.45, 7) is 3.03.